The van der Waals surface area contributed by atoms with Gasteiger partial charge >= 0.3 is 5.97 Å². The molecule has 1 N–H and O–H groups in total. The van der Waals surface area contributed by atoms with E-state index in [1.54, 1.807) is 0 Å². The van der Waals surface area contributed by atoms with E-state index in [4.69, 9.17) is 9.47 Å². The first-order chi connectivity index (χ1) is 11.6. The van der Waals surface area contributed by atoms with Crippen LogP contribution in [0.3, 0.4) is 0 Å². The van der Waals surface area contributed by atoms with Gasteiger partial charge in [0, 0.05) is 17.6 Å². The Balaban J connectivity index is 1.95. The normalized spacial score (nSPS) is 16.8. The van der Waals surface area contributed by atoms with Gasteiger partial charge in [-0.15, -0.1) is 11.3 Å². The van der Waals surface area contributed by atoms with Crippen LogP contribution in [0.2, 0.25) is 0 Å². The number of hydrogen-bond donors (Lipinski definition) is 1. The van der Waals surface area contributed by atoms with Crippen LogP contribution in [0.1, 0.15) is 28.8 Å². The van der Waals surface area contributed by atoms with Crippen LogP contribution in [0.25, 0.3) is 11.1 Å². The molecule has 1 amide bonds. The van der Waals surface area contributed by atoms with Crippen molar-refractivity contribution in [2.24, 2.45) is 0 Å². The summed E-state index contributed by atoms with van der Waals surface area (Å²) in [5, 5.41) is 5.19. The van der Waals surface area contributed by atoms with Crippen LogP contribution in [0.15, 0.2) is 29.6 Å². The SMILES string of the molecule is COC(=O)c1c(-c2cccc(C)c2)csc1NC(=O)[C@@H]1CCCO1. The maximum absolute atomic E-state index is 12.3. The minimum atomic E-state index is -0.463. The van der Waals surface area contributed by atoms with Crippen molar-refractivity contribution < 1.29 is 19.1 Å². The first kappa shape index (κ1) is 16.7. The van der Waals surface area contributed by atoms with Gasteiger partial charge in [0.25, 0.3) is 5.91 Å². The molecule has 0 radical (unpaired) electrons. The van der Waals surface area contributed by atoms with Crippen LogP contribution in [-0.2, 0) is 14.3 Å². The Labute approximate surface area is 144 Å². The number of anilines is 1. The quantitative estimate of drug-likeness (QED) is 0.860. The van der Waals surface area contributed by atoms with Crippen LogP contribution in [0.5, 0.6) is 0 Å². The molecule has 0 aliphatic carbocycles. The molecule has 1 atom stereocenters. The third kappa shape index (κ3) is 3.34. The van der Waals surface area contributed by atoms with Crippen molar-refractivity contribution in [2.45, 2.75) is 25.9 Å². The Bertz CT molecular complexity index is 762. The van der Waals surface area contributed by atoms with Crippen LogP contribution in [0, 0.1) is 6.92 Å². The van der Waals surface area contributed by atoms with Gasteiger partial charge in [-0.05, 0) is 25.3 Å². The maximum Gasteiger partial charge on any atom is 0.341 e. The Morgan fingerprint density at radius 3 is 2.88 bits per heavy atom. The summed E-state index contributed by atoms with van der Waals surface area (Å²) in [6.07, 6.45) is 1.14. The first-order valence-electron chi connectivity index (χ1n) is 7.79. The molecule has 3 rings (SSSR count). The molecule has 0 saturated carbocycles. The Morgan fingerprint density at radius 2 is 2.21 bits per heavy atom. The van der Waals surface area contributed by atoms with Crippen molar-refractivity contribution in [3.8, 4) is 11.1 Å². The topological polar surface area (TPSA) is 64.6 Å². The van der Waals surface area contributed by atoms with Crippen LogP contribution in [0.4, 0.5) is 5.00 Å². The highest BCUT2D eigenvalue weighted by molar-refractivity contribution is 7.15. The van der Waals surface area contributed by atoms with E-state index < -0.39 is 12.1 Å². The highest BCUT2D eigenvalue weighted by atomic mass is 32.1. The second-order valence-corrected chi connectivity index (χ2v) is 6.59. The monoisotopic (exact) mass is 345 g/mol. The molecule has 1 fully saturated rings. The van der Waals surface area contributed by atoms with E-state index in [1.165, 1.54) is 18.4 Å². The zero-order valence-electron chi connectivity index (χ0n) is 13.6. The lowest BCUT2D eigenvalue weighted by atomic mass is 10.0. The molecule has 1 aromatic heterocycles. The fourth-order valence-corrected chi connectivity index (χ4v) is 3.72. The number of thiophene rings is 1. The smallest absolute Gasteiger partial charge is 0.341 e. The van der Waals surface area contributed by atoms with Gasteiger partial charge in [-0.2, -0.15) is 0 Å². The first-order valence-corrected chi connectivity index (χ1v) is 8.67. The number of carbonyl (C=O) groups excluding carboxylic acids is 2. The van der Waals surface area contributed by atoms with Gasteiger partial charge in [-0.3, -0.25) is 4.79 Å². The molecule has 6 heteroatoms. The molecular weight excluding hydrogens is 326 g/mol. The van der Waals surface area contributed by atoms with Crippen LogP contribution >= 0.6 is 11.3 Å². The summed E-state index contributed by atoms with van der Waals surface area (Å²) in [4.78, 5) is 24.6. The number of benzene rings is 1. The predicted molar refractivity (Wildman–Crippen MR) is 93.4 cm³/mol. The highest BCUT2D eigenvalue weighted by Crippen LogP contribution is 2.36. The minimum Gasteiger partial charge on any atom is -0.465 e. The molecule has 1 aromatic carbocycles. The molecule has 1 saturated heterocycles. The molecule has 2 heterocycles. The Hall–Kier alpha value is -2.18. The van der Waals surface area contributed by atoms with Crippen LogP contribution in [-0.4, -0.2) is 31.7 Å². The number of rotatable bonds is 4. The van der Waals surface area contributed by atoms with E-state index in [0.717, 1.165) is 23.1 Å². The second kappa shape index (κ2) is 7.15. The standard InChI is InChI=1S/C18H19NO4S/c1-11-5-3-6-12(9-11)13-10-24-17(15(13)18(21)22-2)19-16(20)14-7-4-8-23-14/h3,5-6,9-10,14H,4,7-8H2,1-2H3,(H,19,20)/t14-/m0/s1. The van der Waals surface area contributed by atoms with E-state index in [-0.39, 0.29) is 5.91 Å². The molecule has 1 aliphatic heterocycles. The van der Waals surface area contributed by atoms with Gasteiger partial charge < -0.3 is 14.8 Å². The van der Waals surface area contributed by atoms with E-state index in [1.807, 2.05) is 36.6 Å². The maximum atomic E-state index is 12.3. The lowest BCUT2D eigenvalue weighted by Gasteiger charge is -2.11. The fraction of sp³-hybridized carbons (Fsp3) is 0.333. The zero-order chi connectivity index (χ0) is 17.1. The van der Waals surface area contributed by atoms with E-state index in [2.05, 4.69) is 5.32 Å². The number of esters is 1. The van der Waals surface area contributed by atoms with Gasteiger partial charge in [-0.25, -0.2) is 4.79 Å². The van der Waals surface area contributed by atoms with Crippen molar-refractivity contribution in [2.75, 3.05) is 19.0 Å². The lowest BCUT2D eigenvalue weighted by Crippen LogP contribution is -2.27. The zero-order valence-corrected chi connectivity index (χ0v) is 14.4. The van der Waals surface area contributed by atoms with Crippen molar-refractivity contribution >= 4 is 28.2 Å². The van der Waals surface area contributed by atoms with E-state index in [9.17, 15) is 9.59 Å². The summed E-state index contributed by atoms with van der Waals surface area (Å²) < 4.78 is 10.3. The third-order valence-electron chi connectivity index (χ3n) is 3.97. The summed E-state index contributed by atoms with van der Waals surface area (Å²) in [5.41, 5.74) is 3.17. The molecule has 24 heavy (non-hydrogen) atoms. The fourth-order valence-electron chi connectivity index (χ4n) is 2.76. The summed E-state index contributed by atoms with van der Waals surface area (Å²) in [7, 11) is 1.34. The Kier molecular flexibility index (Phi) is 4.97. The van der Waals surface area contributed by atoms with Gasteiger partial charge in [0.05, 0.1) is 7.11 Å². The largest absolute Gasteiger partial charge is 0.465 e. The van der Waals surface area contributed by atoms with Crippen molar-refractivity contribution in [3.05, 3.63) is 40.8 Å². The van der Waals surface area contributed by atoms with Crippen molar-refractivity contribution in [1.29, 1.82) is 0 Å². The van der Waals surface area contributed by atoms with Crippen LogP contribution < -0.4 is 5.32 Å². The summed E-state index contributed by atoms with van der Waals surface area (Å²) in [6, 6.07) is 7.87. The molecule has 2 aromatic rings. The van der Waals surface area contributed by atoms with Gasteiger partial charge in [0.15, 0.2) is 0 Å². The van der Waals surface area contributed by atoms with E-state index >= 15 is 0 Å². The molecular formula is C18H19NO4S. The van der Waals surface area contributed by atoms with Gasteiger partial charge in [0.2, 0.25) is 0 Å². The summed E-state index contributed by atoms with van der Waals surface area (Å²) in [6.45, 7) is 2.59. The minimum absolute atomic E-state index is 0.213. The average molecular weight is 345 g/mol. The van der Waals surface area contributed by atoms with Gasteiger partial charge in [0.1, 0.15) is 16.7 Å². The highest BCUT2D eigenvalue weighted by Gasteiger charge is 2.27. The summed E-state index contributed by atoms with van der Waals surface area (Å²) in [5.74, 6) is -0.675. The van der Waals surface area contributed by atoms with Gasteiger partial charge in [-0.1, -0.05) is 29.8 Å². The molecule has 1 aliphatic rings. The molecule has 0 unspecified atom stereocenters. The third-order valence-corrected chi connectivity index (χ3v) is 4.86. The van der Waals surface area contributed by atoms with Crippen molar-refractivity contribution in [1.82, 2.24) is 0 Å². The molecule has 0 bridgehead atoms. The number of aryl methyl sites for hydroxylation is 1. The number of ether oxygens (including phenoxy) is 2. The molecule has 0 spiro atoms. The average Bonchev–Trinajstić information content (AvgIpc) is 3.24. The van der Waals surface area contributed by atoms with Crippen molar-refractivity contribution in [3.63, 3.8) is 0 Å². The molecule has 5 nitrogen and oxygen atoms in total. The Morgan fingerprint density at radius 1 is 1.38 bits per heavy atom. The number of hydrogen-bond acceptors (Lipinski definition) is 5. The molecule has 126 valence electrons. The predicted octanol–water partition coefficient (Wildman–Crippen LogP) is 3.63. The number of methoxy groups -OCH3 is 1. The van der Waals surface area contributed by atoms with E-state index in [0.29, 0.717) is 23.6 Å². The number of amides is 1. The lowest BCUT2D eigenvalue weighted by molar-refractivity contribution is -0.124. The second-order valence-electron chi connectivity index (χ2n) is 5.71. The summed E-state index contributed by atoms with van der Waals surface area (Å²) >= 11 is 1.32. The number of carbonyl (C=O) groups is 2. The number of nitrogens with one attached hydrogen (secondary N) is 1.